The van der Waals surface area contributed by atoms with Gasteiger partial charge in [0.2, 0.25) is 0 Å². The van der Waals surface area contributed by atoms with Gasteiger partial charge in [0, 0.05) is 6.42 Å². The molecule has 0 aliphatic rings. The van der Waals surface area contributed by atoms with Crippen LogP contribution in [-0.2, 0) is 4.79 Å². The molecule has 1 unspecified atom stereocenters. The number of carbonyl (C=O) groups is 1. The van der Waals surface area contributed by atoms with Crippen LogP contribution in [0.3, 0.4) is 0 Å². The first-order chi connectivity index (χ1) is 9.31. The smallest absolute Gasteiger partial charge is 0.119 e. The van der Waals surface area contributed by atoms with Crippen LogP contribution in [0.5, 0.6) is 0 Å². The molecule has 0 aliphatic carbocycles. The van der Waals surface area contributed by atoms with Gasteiger partial charge in [0.15, 0.2) is 0 Å². The maximum Gasteiger partial charge on any atom is 0.119 e. The third kappa shape index (κ3) is 15.6. The Labute approximate surface area is 121 Å². The molecule has 0 rings (SSSR count). The SMILES string of the molecule is CCCCCC(C)CCCCCCCCCCC=O. The highest BCUT2D eigenvalue weighted by Crippen LogP contribution is 2.17. The molecule has 0 radical (unpaired) electrons. The third-order valence-electron chi connectivity index (χ3n) is 4.07. The van der Waals surface area contributed by atoms with Crippen molar-refractivity contribution in [3.63, 3.8) is 0 Å². The summed E-state index contributed by atoms with van der Waals surface area (Å²) in [5, 5.41) is 0. The molecule has 0 saturated heterocycles. The van der Waals surface area contributed by atoms with Crippen molar-refractivity contribution >= 4 is 6.29 Å². The number of aldehydes is 1. The molecule has 0 saturated carbocycles. The molecule has 114 valence electrons. The van der Waals surface area contributed by atoms with E-state index in [0.717, 1.165) is 25.0 Å². The van der Waals surface area contributed by atoms with Gasteiger partial charge in [-0.05, 0) is 12.3 Å². The van der Waals surface area contributed by atoms with Crippen LogP contribution < -0.4 is 0 Å². The Morgan fingerprint density at radius 3 is 1.74 bits per heavy atom. The molecule has 0 aromatic rings. The summed E-state index contributed by atoms with van der Waals surface area (Å²) in [7, 11) is 0. The van der Waals surface area contributed by atoms with E-state index in [1.54, 1.807) is 0 Å². The summed E-state index contributed by atoms with van der Waals surface area (Å²) >= 11 is 0. The normalized spacial score (nSPS) is 12.5. The number of unbranched alkanes of at least 4 members (excludes halogenated alkanes) is 10. The summed E-state index contributed by atoms with van der Waals surface area (Å²) in [6.07, 6.45) is 19.5. The molecule has 1 nitrogen and oxygen atoms in total. The Morgan fingerprint density at radius 2 is 1.21 bits per heavy atom. The van der Waals surface area contributed by atoms with E-state index in [1.165, 1.54) is 77.0 Å². The van der Waals surface area contributed by atoms with Crippen LogP contribution in [0.2, 0.25) is 0 Å². The Kier molecular flexibility index (Phi) is 15.5. The molecule has 0 spiro atoms. The first-order valence-electron chi connectivity index (χ1n) is 8.74. The van der Waals surface area contributed by atoms with Gasteiger partial charge < -0.3 is 4.79 Å². The van der Waals surface area contributed by atoms with Crippen LogP contribution >= 0.6 is 0 Å². The highest BCUT2D eigenvalue weighted by atomic mass is 16.1. The molecule has 0 amide bonds. The molecule has 0 heterocycles. The molecule has 1 atom stereocenters. The maximum absolute atomic E-state index is 10.1. The summed E-state index contributed by atoms with van der Waals surface area (Å²) in [6.45, 7) is 4.70. The lowest BCUT2D eigenvalue weighted by molar-refractivity contribution is -0.107. The zero-order chi connectivity index (χ0) is 14.2. The molecule has 1 heteroatoms. The monoisotopic (exact) mass is 268 g/mol. The van der Waals surface area contributed by atoms with E-state index < -0.39 is 0 Å². The summed E-state index contributed by atoms with van der Waals surface area (Å²) in [6, 6.07) is 0. The van der Waals surface area contributed by atoms with Gasteiger partial charge in [0.1, 0.15) is 6.29 Å². The van der Waals surface area contributed by atoms with Crippen molar-refractivity contribution in [1.29, 1.82) is 0 Å². The van der Waals surface area contributed by atoms with E-state index in [-0.39, 0.29) is 0 Å². The van der Waals surface area contributed by atoms with Crippen LogP contribution in [-0.4, -0.2) is 6.29 Å². The van der Waals surface area contributed by atoms with Crippen LogP contribution in [0.25, 0.3) is 0 Å². The predicted molar refractivity (Wildman–Crippen MR) is 85.5 cm³/mol. The van der Waals surface area contributed by atoms with Gasteiger partial charge in [-0.2, -0.15) is 0 Å². The summed E-state index contributed by atoms with van der Waals surface area (Å²) < 4.78 is 0. The highest BCUT2D eigenvalue weighted by molar-refractivity contribution is 5.48. The molecule has 0 aromatic heterocycles. The Morgan fingerprint density at radius 1 is 0.737 bits per heavy atom. The van der Waals surface area contributed by atoms with Crippen molar-refractivity contribution < 1.29 is 4.79 Å². The lowest BCUT2D eigenvalue weighted by atomic mass is 9.96. The largest absolute Gasteiger partial charge is 0.303 e. The molecular formula is C18H36O. The van der Waals surface area contributed by atoms with Gasteiger partial charge in [-0.15, -0.1) is 0 Å². The van der Waals surface area contributed by atoms with Crippen molar-refractivity contribution in [1.82, 2.24) is 0 Å². The van der Waals surface area contributed by atoms with Crippen molar-refractivity contribution in [2.75, 3.05) is 0 Å². The first-order valence-corrected chi connectivity index (χ1v) is 8.74. The van der Waals surface area contributed by atoms with Crippen LogP contribution in [0.4, 0.5) is 0 Å². The number of hydrogen-bond donors (Lipinski definition) is 0. The maximum atomic E-state index is 10.1. The highest BCUT2D eigenvalue weighted by Gasteiger charge is 2.01. The molecule has 0 N–H and O–H groups in total. The molecule has 19 heavy (non-hydrogen) atoms. The van der Waals surface area contributed by atoms with Gasteiger partial charge in [0.25, 0.3) is 0 Å². The van der Waals surface area contributed by atoms with Crippen LogP contribution in [0, 0.1) is 5.92 Å². The summed E-state index contributed by atoms with van der Waals surface area (Å²) in [5.41, 5.74) is 0. The fourth-order valence-electron chi connectivity index (χ4n) is 2.67. The quantitative estimate of drug-likeness (QED) is 0.251. The number of carbonyl (C=O) groups excluding carboxylic acids is 1. The number of rotatable bonds is 15. The van der Waals surface area contributed by atoms with Crippen molar-refractivity contribution in [2.45, 2.75) is 104 Å². The first kappa shape index (κ1) is 18.7. The lowest BCUT2D eigenvalue weighted by Gasteiger charge is -2.10. The van der Waals surface area contributed by atoms with E-state index in [4.69, 9.17) is 0 Å². The lowest BCUT2D eigenvalue weighted by Crippen LogP contribution is -1.94. The third-order valence-corrected chi connectivity index (χ3v) is 4.07. The van der Waals surface area contributed by atoms with Gasteiger partial charge in [-0.25, -0.2) is 0 Å². The standard InChI is InChI=1S/C18H36O/c1-3-4-12-15-18(2)16-13-10-8-6-5-7-9-11-14-17-19/h17-18H,3-16H2,1-2H3. The topological polar surface area (TPSA) is 17.1 Å². The van der Waals surface area contributed by atoms with Gasteiger partial charge in [0.05, 0.1) is 0 Å². The Balaban J connectivity index is 3.07. The average Bonchev–Trinajstić information content (AvgIpc) is 2.41. The second kappa shape index (κ2) is 15.7. The number of hydrogen-bond acceptors (Lipinski definition) is 1. The minimum atomic E-state index is 0.760. The Hall–Kier alpha value is -0.330. The Bertz CT molecular complexity index is 177. The second-order valence-corrected chi connectivity index (χ2v) is 6.17. The van der Waals surface area contributed by atoms with Crippen molar-refractivity contribution in [3.05, 3.63) is 0 Å². The molecule has 0 aromatic carbocycles. The van der Waals surface area contributed by atoms with E-state index >= 15 is 0 Å². The van der Waals surface area contributed by atoms with E-state index in [1.807, 2.05) is 0 Å². The zero-order valence-electron chi connectivity index (χ0n) is 13.5. The molecular weight excluding hydrogens is 232 g/mol. The minimum Gasteiger partial charge on any atom is -0.303 e. The van der Waals surface area contributed by atoms with Crippen LogP contribution in [0.1, 0.15) is 104 Å². The van der Waals surface area contributed by atoms with Gasteiger partial charge >= 0.3 is 0 Å². The summed E-state index contributed by atoms with van der Waals surface area (Å²) in [4.78, 5) is 10.1. The second-order valence-electron chi connectivity index (χ2n) is 6.17. The fourth-order valence-corrected chi connectivity index (χ4v) is 2.67. The zero-order valence-corrected chi connectivity index (χ0v) is 13.5. The molecule has 0 bridgehead atoms. The molecule has 0 aliphatic heterocycles. The van der Waals surface area contributed by atoms with Gasteiger partial charge in [-0.1, -0.05) is 90.9 Å². The van der Waals surface area contributed by atoms with E-state index in [9.17, 15) is 4.79 Å². The van der Waals surface area contributed by atoms with Crippen molar-refractivity contribution in [3.8, 4) is 0 Å². The predicted octanol–water partition coefficient (Wildman–Crippen LogP) is 6.30. The average molecular weight is 268 g/mol. The van der Waals surface area contributed by atoms with Gasteiger partial charge in [-0.3, -0.25) is 0 Å². The van der Waals surface area contributed by atoms with E-state index in [2.05, 4.69) is 13.8 Å². The minimum absolute atomic E-state index is 0.760. The van der Waals surface area contributed by atoms with Crippen LogP contribution in [0.15, 0.2) is 0 Å². The molecule has 0 fully saturated rings. The summed E-state index contributed by atoms with van der Waals surface area (Å²) in [5.74, 6) is 0.940. The fraction of sp³-hybridized carbons (Fsp3) is 0.944. The van der Waals surface area contributed by atoms with E-state index in [0.29, 0.717) is 0 Å². The van der Waals surface area contributed by atoms with Crippen molar-refractivity contribution in [2.24, 2.45) is 5.92 Å².